The van der Waals surface area contributed by atoms with E-state index in [4.69, 9.17) is 0 Å². The minimum Gasteiger partial charge on any atom is -0.325 e. The Kier molecular flexibility index (Phi) is 3.32. The maximum atomic E-state index is 11.7. The molecule has 79 valence electrons. The van der Waals surface area contributed by atoms with E-state index in [1.54, 1.807) is 0 Å². The highest BCUT2D eigenvalue weighted by molar-refractivity contribution is 5.95. The van der Waals surface area contributed by atoms with Crippen LogP contribution in [0.15, 0.2) is 30.3 Å². The van der Waals surface area contributed by atoms with Gasteiger partial charge in [0.1, 0.15) is 6.04 Å². The first kappa shape index (κ1) is 10.1. The molecule has 0 aliphatic carbocycles. The Hall–Kier alpha value is -1.39. The molecule has 1 unspecified atom stereocenters. The Labute approximate surface area is 89.1 Å². The summed E-state index contributed by atoms with van der Waals surface area (Å²) in [5, 5.41) is 10.2. The van der Waals surface area contributed by atoms with Gasteiger partial charge in [-0.1, -0.05) is 18.2 Å². The van der Waals surface area contributed by atoms with Gasteiger partial charge < -0.3 is 10.6 Å². The van der Waals surface area contributed by atoms with Crippen LogP contribution in [0.4, 0.5) is 5.69 Å². The minimum absolute atomic E-state index is 0.0339. The highest BCUT2D eigenvalue weighted by Crippen LogP contribution is 2.05. The van der Waals surface area contributed by atoms with Crippen LogP contribution in [-0.2, 0) is 4.79 Å². The fourth-order valence-corrected chi connectivity index (χ4v) is 1.53. The number of carbonyl (C=O) groups excluding carboxylic acids is 1. The second-order valence-electron chi connectivity index (χ2n) is 3.48. The summed E-state index contributed by atoms with van der Waals surface area (Å²) in [5.74, 6) is -0.0339. The average Bonchev–Trinajstić information content (AvgIpc) is 2.31. The fourth-order valence-electron chi connectivity index (χ4n) is 1.53. The van der Waals surface area contributed by atoms with Crippen molar-refractivity contribution < 1.29 is 4.79 Å². The molecule has 1 saturated heterocycles. The SMILES string of the molecule is O=C(Nc1ccccc1)C1CNCC[N]1. The third-order valence-corrected chi connectivity index (χ3v) is 2.32. The standard InChI is InChI=1S/C11H14N3O/c15-11(10-8-12-6-7-13-10)14-9-4-2-1-3-5-9/h1-5,10,12H,6-8H2,(H,14,15). The third-order valence-electron chi connectivity index (χ3n) is 2.32. The number of hydrogen-bond donors (Lipinski definition) is 2. The molecule has 4 nitrogen and oxygen atoms in total. The molecule has 1 fully saturated rings. The molecule has 1 aromatic rings. The number of anilines is 1. The first-order chi connectivity index (χ1) is 7.36. The molecule has 0 aromatic heterocycles. The smallest absolute Gasteiger partial charge is 0.244 e. The maximum absolute atomic E-state index is 11.7. The lowest BCUT2D eigenvalue weighted by molar-refractivity contribution is -0.118. The van der Waals surface area contributed by atoms with Gasteiger partial charge in [-0.2, -0.15) is 0 Å². The zero-order chi connectivity index (χ0) is 10.5. The number of rotatable bonds is 2. The van der Waals surface area contributed by atoms with Crippen molar-refractivity contribution in [2.24, 2.45) is 0 Å². The van der Waals surface area contributed by atoms with Crippen molar-refractivity contribution >= 4 is 11.6 Å². The van der Waals surface area contributed by atoms with Gasteiger partial charge in [-0.25, -0.2) is 5.32 Å². The highest BCUT2D eigenvalue weighted by Gasteiger charge is 2.21. The number of nitrogens with one attached hydrogen (secondary N) is 2. The van der Waals surface area contributed by atoms with E-state index < -0.39 is 0 Å². The molecule has 1 atom stereocenters. The first-order valence-corrected chi connectivity index (χ1v) is 5.09. The van der Waals surface area contributed by atoms with Crippen molar-refractivity contribution in [2.45, 2.75) is 6.04 Å². The number of para-hydroxylation sites is 1. The van der Waals surface area contributed by atoms with E-state index >= 15 is 0 Å². The van der Waals surface area contributed by atoms with Gasteiger partial charge in [-0.3, -0.25) is 4.79 Å². The van der Waals surface area contributed by atoms with Crippen LogP contribution in [0.3, 0.4) is 0 Å². The topological polar surface area (TPSA) is 55.2 Å². The van der Waals surface area contributed by atoms with Crippen LogP contribution in [0.2, 0.25) is 0 Å². The molecule has 4 heteroatoms. The number of carbonyl (C=O) groups is 1. The zero-order valence-electron chi connectivity index (χ0n) is 8.44. The second kappa shape index (κ2) is 4.91. The van der Waals surface area contributed by atoms with Gasteiger partial charge in [0, 0.05) is 25.3 Å². The summed E-state index contributed by atoms with van der Waals surface area (Å²) in [6.07, 6.45) is 0. The van der Waals surface area contributed by atoms with Crippen molar-refractivity contribution in [3.05, 3.63) is 30.3 Å². The van der Waals surface area contributed by atoms with E-state index in [1.165, 1.54) is 0 Å². The van der Waals surface area contributed by atoms with Gasteiger partial charge in [-0.15, -0.1) is 0 Å². The van der Waals surface area contributed by atoms with Crippen LogP contribution in [-0.4, -0.2) is 31.6 Å². The molecule has 0 spiro atoms. The van der Waals surface area contributed by atoms with Crippen LogP contribution >= 0.6 is 0 Å². The summed E-state index contributed by atoms with van der Waals surface area (Å²) in [6, 6.07) is 9.20. The molecular weight excluding hydrogens is 190 g/mol. The predicted octanol–water partition coefficient (Wildman–Crippen LogP) is 0.201. The number of amides is 1. The van der Waals surface area contributed by atoms with Gasteiger partial charge in [-0.05, 0) is 12.1 Å². The molecule has 1 amide bonds. The van der Waals surface area contributed by atoms with Gasteiger partial charge >= 0.3 is 0 Å². The molecule has 1 aromatic carbocycles. The minimum atomic E-state index is -0.251. The van der Waals surface area contributed by atoms with Crippen molar-refractivity contribution in [3.63, 3.8) is 0 Å². The number of hydrogen-bond acceptors (Lipinski definition) is 2. The maximum Gasteiger partial charge on any atom is 0.244 e. The molecule has 1 heterocycles. The van der Waals surface area contributed by atoms with E-state index in [1.807, 2.05) is 30.3 Å². The van der Waals surface area contributed by atoms with Gasteiger partial charge in [0.15, 0.2) is 0 Å². The molecule has 1 radical (unpaired) electrons. The third kappa shape index (κ3) is 2.78. The molecule has 0 saturated carbocycles. The summed E-state index contributed by atoms with van der Waals surface area (Å²) in [6.45, 7) is 2.22. The van der Waals surface area contributed by atoms with E-state index in [2.05, 4.69) is 16.0 Å². The van der Waals surface area contributed by atoms with Crippen LogP contribution in [0.5, 0.6) is 0 Å². The number of benzene rings is 1. The summed E-state index contributed by atoms with van der Waals surface area (Å²) < 4.78 is 0. The number of nitrogens with zero attached hydrogens (tertiary/aromatic N) is 1. The quantitative estimate of drug-likeness (QED) is 0.723. The summed E-state index contributed by atoms with van der Waals surface area (Å²) >= 11 is 0. The monoisotopic (exact) mass is 204 g/mol. The Balaban J connectivity index is 1.91. The predicted molar refractivity (Wildman–Crippen MR) is 58.7 cm³/mol. The van der Waals surface area contributed by atoms with Crippen LogP contribution in [0, 0.1) is 0 Å². The van der Waals surface area contributed by atoms with E-state index in [0.29, 0.717) is 13.1 Å². The summed E-state index contributed by atoms with van der Waals surface area (Å²) in [7, 11) is 0. The Morgan fingerprint density at radius 1 is 1.40 bits per heavy atom. The van der Waals surface area contributed by atoms with E-state index in [-0.39, 0.29) is 11.9 Å². The molecule has 15 heavy (non-hydrogen) atoms. The van der Waals surface area contributed by atoms with Crippen molar-refractivity contribution in [2.75, 3.05) is 25.0 Å². The first-order valence-electron chi connectivity index (χ1n) is 5.09. The summed E-state index contributed by atoms with van der Waals surface area (Å²) in [4.78, 5) is 11.7. The van der Waals surface area contributed by atoms with Crippen molar-refractivity contribution in [3.8, 4) is 0 Å². The molecule has 0 bridgehead atoms. The van der Waals surface area contributed by atoms with E-state index in [0.717, 1.165) is 12.2 Å². The largest absolute Gasteiger partial charge is 0.325 e. The normalized spacial score (nSPS) is 20.9. The second-order valence-corrected chi connectivity index (χ2v) is 3.48. The lowest BCUT2D eigenvalue weighted by Crippen LogP contribution is -2.50. The zero-order valence-corrected chi connectivity index (χ0v) is 8.44. The van der Waals surface area contributed by atoms with Gasteiger partial charge in [0.2, 0.25) is 5.91 Å². The fraction of sp³-hybridized carbons (Fsp3) is 0.364. The molecule has 1 aliphatic rings. The van der Waals surface area contributed by atoms with Crippen molar-refractivity contribution in [1.29, 1.82) is 0 Å². The average molecular weight is 204 g/mol. The lowest BCUT2D eigenvalue weighted by Gasteiger charge is -2.21. The van der Waals surface area contributed by atoms with Crippen LogP contribution in [0.25, 0.3) is 0 Å². The van der Waals surface area contributed by atoms with Crippen molar-refractivity contribution in [1.82, 2.24) is 10.6 Å². The Bertz CT molecular complexity index is 320. The molecule has 2 N–H and O–H groups in total. The van der Waals surface area contributed by atoms with Gasteiger partial charge in [0.05, 0.1) is 0 Å². The Morgan fingerprint density at radius 3 is 2.87 bits per heavy atom. The van der Waals surface area contributed by atoms with Crippen LogP contribution in [0.1, 0.15) is 0 Å². The molecule has 1 aliphatic heterocycles. The lowest BCUT2D eigenvalue weighted by atomic mass is 10.2. The molecular formula is C11H14N3O. The Morgan fingerprint density at radius 2 is 2.20 bits per heavy atom. The summed E-state index contributed by atoms with van der Waals surface area (Å²) in [5.41, 5.74) is 0.822. The van der Waals surface area contributed by atoms with E-state index in [9.17, 15) is 4.79 Å². The highest BCUT2D eigenvalue weighted by atomic mass is 16.2. The molecule has 2 rings (SSSR count). The van der Waals surface area contributed by atoms with Crippen LogP contribution < -0.4 is 16.0 Å². The van der Waals surface area contributed by atoms with Gasteiger partial charge in [0.25, 0.3) is 0 Å². The number of piperazine rings is 1.